The van der Waals surface area contributed by atoms with E-state index in [1.807, 2.05) is 0 Å². The maximum Gasteiger partial charge on any atom is 0.224 e. The number of nitrogens with zero attached hydrogens (tertiary/aromatic N) is 2. The van der Waals surface area contributed by atoms with Gasteiger partial charge in [0, 0.05) is 33.8 Å². The zero-order valence-corrected chi connectivity index (χ0v) is 13.5. The molecule has 2 aliphatic rings. The van der Waals surface area contributed by atoms with Crippen molar-refractivity contribution in [2.24, 2.45) is 5.92 Å². The average Bonchev–Trinajstić information content (AvgIpc) is 2.35. The van der Waals surface area contributed by atoms with Gasteiger partial charge in [0.05, 0.1) is 18.6 Å². The third-order valence-corrected chi connectivity index (χ3v) is 4.74. The SMILES string of the molecule is CN(C)C(=O)CC1(O)CCCN(CCOCC2CCC2)C1. The Morgan fingerprint density at radius 2 is 2.14 bits per heavy atom. The van der Waals surface area contributed by atoms with Crippen molar-refractivity contribution in [2.75, 3.05) is 46.9 Å². The number of hydrogen-bond acceptors (Lipinski definition) is 4. The maximum absolute atomic E-state index is 11.8. The predicted molar refractivity (Wildman–Crippen MR) is 82.1 cm³/mol. The number of likely N-dealkylation sites (tertiary alicyclic amines) is 1. The van der Waals surface area contributed by atoms with E-state index in [1.54, 1.807) is 19.0 Å². The summed E-state index contributed by atoms with van der Waals surface area (Å²) in [5.74, 6) is 0.779. The highest BCUT2D eigenvalue weighted by molar-refractivity contribution is 5.76. The molecule has 2 fully saturated rings. The summed E-state index contributed by atoms with van der Waals surface area (Å²) in [5, 5.41) is 10.6. The van der Waals surface area contributed by atoms with E-state index in [0.29, 0.717) is 13.0 Å². The van der Waals surface area contributed by atoms with Crippen LogP contribution >= 0.6 is 0 Å². The molecule has 122 valence electrons. The number of amides is 1. The molecule has 1 saturated heterocycles. The minimum atomic E-state index is -0.867. The molecule has 1 atom stereocenters. The first kappa shape index (κ1) is 16.7. The number of hydrogen-bond donors (Lipinski definition) is 1. The molecule has 2 rings (SSSR count). The molecule has 1 unspecified atom stereocenters. The fourth-order valence-corrected chi connectivity index (χ4v) is 3.08. The Kier molecular flexibility index (Phi) is 6.02. The van der Waals surface area contributed by atoms with Crippen LogP contribution in [0.4, 0.5) is 0 Å². The topological polar surface area (TPSA) is 53.0 Å². The number of ether oxygens (including phenoxy) is 1. The van der Waals surface area contributed by atoms with Crippen LogP contribution in [-0.4, -0.2) is 73.4 Å². The Bertz CT molecular complexity index is 344. The van der Waals surface area contributed by atoms with Crippen LogP contribution in [0.1, 0.15) is 38.5 Å². The standard InChI is InChI=1S/C16H30N2O3/c1-17(2)15(19)11-16(20)7-4-8-18(13-16)9-10-21-12-14-5-3-6-14/h14,20H,3-13H2,1-2H3. The molecule has 1 saturated carbocycles. The summed E-state index contributed by atoms with van der Waals surface area (Å²) in [6.45, 7) is 4.04. The Hall–Kier alpha value is -0.650. The minimum absolute atomic E-state index is 0.000540. The summed E-state index contributed by atoms with van der Waals surface area (Å²) in [7, 11) is 3.47. The second kappa shape index (κ2) is 7.56. The second-order valence-electron chi connectivity index (χ2n) is 6.94. The summed E-state index contributed by atoms with van der Waals surface area (Å²) < 4.78 is 5.73. The predicted octanol–water partition coefficient (Wildman–Crippen LogP) is 1.11. The fourth-order valence-electron chi connectivity index (χ4n) is 3.08. The van der Waals surface area contributed by atoms with Crippen molar-refractivity contribution in [2.45, 2.75) is 44.1 Å². The molecule has 1 N–H and O–H groups in total. The van der Waals surface area contributed by atoms with Gasteiger partial charge in [0.15, 0.2) is 0 Å². The van der Waals surface area contributed by atoms with Gasteiger partial charge >= 0.3 is 0 Å². The summed E-state index contributed by atoms with van der Waals surface area (Å²) in [6, 6.07) is 0. The lowest BCUT2D eigenvalue weighted by molar-refractivity contribution is -0.136. The van der Waals surface area contributed by atoms with Crippen LogP contribution in [0.5, 0.6) is 0 Å². The lowest BCUT2D eigenvalue weighted by atomic mass is 9.86. The number of piperidine rings is 1. The second-order valence-corrected chi connectivity index (χ2v) is 6.94. The first-order valence-corrected chi connectivity index (χ1v) is 8.21. The molecule has 5 heteroatoms. The van der Waals surface area contributed by atoms with Crippen molar-refractivity contribution >= 4 is 5.91 Å². The van der Waals surface area contributed by atoms with E-state index >= 15 is 0 Å². The van der Waals surface area contributed by atoms with E-state index in [0.717, 1.165) is 38.6 Å². The van der Waals surface area contributed by atoms with E-state index in [4.69, 9.17) is 4.74 Å². The van der Waals surface area contributed by atoms with E-state index in [2.05, 4.69) is 4.90 Å². The molecular weight excluding hydrogens is 268 g/mol. The molecule has 1 heterocycles. The van der Waals surface area contributed by atoms with E-state index in [-0.39, 0.29) is 12.3 Å². The van der Waals surface area contributed by atoms with Crippen LogP contribution in [0.2, 0.25) is 0 Å². The molecule has 1 aliphatic carbocycles. The lowest BCUT2D eigenvalue weighted by Gasteiger charge is -2.39. The van der Waals surface area contributed by atoms with Gasteiger partial charge in [0.1, 0.15) is 0 Å². The molecule has 0 aromatic rings. The van der Waals surface area contributed by atoms with Gasteiger partial charge in [0.2, 0.25) is 5.91 Å². The van der Waals surface area contributed by atoms with Gasteiger partial charge < -0.3 is 14.7 Å². The van der Waals surface area contributed by atoms with Gasteiger partial charge in [-0.2, -0.15) is 0 Å². The van der Waals surface area contributed by atoms with Crippen LogP contribution in [-0.2, 0) is 9.53 Å². The maximum atomic E-state index is 11.8. The first-order chi connectivity index (χ1) is 9.98. The van der Waals surface area contributed by atoms with Gasteiger partial charge in [-0.25, -0.2) is 0 Å². The summed E-state index contributed by atoms with van der Waals surface area (Å²) in [4.78, 5) is 15.6. The normalized spacial score (nSPS) is 27.4. The molecular formula is C16H30N2O3. The van der Waals surface area contributed by atoms with E-state index < -0.39 is 5.60 Å². The summed E-state index contributed by atoms with van der Waals surface area (Å²) >= 11 is 0. The van der Waals surface area contributed by atoms with Crippen molar-refractivity contribution < 1.29 is 14.6 Å². The largest absolute Gasteiger partial charge is 0.388 e. The molecule has 0 bridgehead atoms. The van der Waals surface area contributed by atoms with Gasteiger partial charge in [-0.15, -0.1) is 0 Å². The van der Waals surface area contributed by atoms with Crippen LogP contribution in [0.25, 0.3) is 0 Å². The number of carbonyl (C=O) groups excluding carboxylic acids is 1. The van der Waals surface area contributed by atoms with Gasteiger partial charge in [-0.1, -0.05) is 6.42 Å². The van der Waals surface area contributed by atoms with Gasteiger partial charge in [0.25, 0.3) is 0 Å². The van der Waals surface area contributed by atoms with Crippen molar-refractivity contribution in [3.63, 3.8) is 0 Å². The zero-order valence-electron chi connectivity index (χ0n) is 13.5. The summed E-state index contributed by atoms with van der Waals surface area (Å²) in [5.41, 5.74) is -0.867. The smallest absolute Gasteiger partial charge is 0.224 e. The van der Waals surface area contributed by atoms with Crippen molar-refractivity contribution in [3.8, 4) is 0 Å². The number of carbonyl (C=O) groups is 1. The highest BCUT2D eigenvalue weighted by atomic mass is 16.5. The Morgan fingerprint density at radius 3 is 2.76 bits per heavy atom. The zero-order chi connectivity index (χ0) is 15.3. The number of β-amino-alcohol motifs (C(OH)–C–C–N with tert-alkyl or cyclic N) is 1. The highest BCUT2D eigenvalue weighted by Gasteiger charge is 2.35. The minimum Gasteiger partial charge on any atom is -0.388 e. The number of rotatable bonds is 7. The fraction of sp³-hybridized carbons (Fsp3) is 0.938. The Labute approximate surface area is 128 Å². The molecule has 0 spiro atoms. The molecule has 21 heavy (non-hydrogen) atoms. The molecule has 0 radical (unpaired) electrons. The molecule has 0 aromatic carbocycles. The third-order valence-electron chi connectivity index (χ3n) is 4.74. The Balaban J connectivity index is 1.67. The lowest BCUT2D eigenvalue weighted by Crippen LogP contribution is -2.51. The van der Waals surface area contributed by atoms with E-state index in [9.17, 15) is 9.90 Å². The van der Waals surface area contributed by atoms with Crippen LogP contribution < -0.4 is 0 Å². The number of aliphatic hydroxyl groups is 1. The first-order valence-electron chi connectivity index (χ1n) is 8.21. The quantitative estimate of drug-likeness (QED) is 0.715. The van der Waals surface area contributed by atoms with Crippen LogP contribution in [0.15, 0.2) is 0 Å². The van der Waals surface area contributed by atoms with Crippen molar-refractivity contribution in [1.29, 1.82) is 0 Å². The third kappa shape index (κ3) is 5.24. The van der Waals surface area contributed by atoms with Gasteiger partial charge in [-0.3, -0.25) is 9.69 Å². The van der Waals surface area contributed by atoms with Crippen LogP contribution in [0, 0.1) is 5.92 Å². The average molecular weight is 298 g/mol. The molecule has 5 nitrogen and oxygen atoms in total. The van der Waals surface area contributed by atoms with Crippen LogP contribution in [0.3, 0.4) is 0 Å². The monoisotopic (exact) mass is 298 g/mol. The van der Waals surface area contributed by atoms with Crippen molar-refractivity contribution in [1.82, 2.24) is 9.80 Å². The highest BCUT2D eigenvalue weighted by Crippen LogP contribution is 2.27. The van der Waals surface area contributed by atoms with E-state index in [1.165, 1.54) is 19.3 Å². The Morgan fingerprint density at radius 1 is 1.38 bits per heavy atom. The van der Waals surface area contributed by atoms with Crippen molar-refractivity contribution in [3.05, 3.63) is 0 Å². The van der Waals surface area contributed by atoms with Gasteiger partial charge in [-0.05, 0) is 38.1 Å². The summed E-state index contributed by atoms with van der Waals surface area (Å²) in [6.07, 6.45) is 5.87. The molecule has 0 aromatic heterocycles. The molecule has 1 amide bonds. The molecule has 1 aliphatic heterocycles.